The predicted octanol–water partition coefficient (Wildman–Crippen LogP) is 2.37. The van der Waals surface area contributed by atoms with E-state index >= 15 is 0 Å². The van der Waals surface area contributed by atoms with Crippen molar-refractivity contribution in [3.8, 4) is 17.4 Å². The van der Waals surface area contributed by atoms with Crippen molar-refractivity contribution in [2.75, 3.05) is 7.11 Å². The summed E-state index contributed by atoms with van der Waals surface area (Å²) >= 11 is 0. The molecule has 4 heteroatoms. The van der Waals surface area contributed by atoms with Crippen molar-refractivity contribution in [3.05, 3.63) is 48.2 Å². The molecule has 0 fully saturated rings. The summed E-state index contributed by atoms with van der Waals surface area (Å²) in [5.74, 6) is 1.74. The summed E-state index contributed by atoms with van der Waals surface area (Å²) in [5, 5.41) is 9.18. The fraction of sp³-hybridized carbons (Fsp3) is 0.154. The highest BCUT2D eigenvalue weighted by Crippen LogP contribution is 2.26. The Morgan fingerprint density at radius 2 is 2.06 bits per heavy atom. The first kappa shape index (κ1) is 11.4. The Labute approximate surface area is 99.5 Å². The molecule has 0 saturated heterocycles. The first-order valence-corrected chi connectivity index (χ1v) is 5.20. The number of aliphatic hydroxyl groups excluding tert-OH is 1. The number of rotatable bonds is 4. The summed E-state index contributed by atoms with van der Waals surface area (Å²) < 4.78 is 10.7. The molecule has 1 aromatic heterocycles. The zero-order chi connectivity index (χ0) is 12.1. The Hall–Kier alpha value is -2.07. The molecule has 88 valence electrons. The van der Waals surface area contributed by atoms with Crippen molar-refractivity contribution in [2.24, 2.45) is 0 Å². The van der Waals surface area contributed by atoms with E-state index in [1.54, 1.807) is 31.5 Å². The summed E-state index contributed by atoms with van der Waals surface area (Å²) in [6.45, 7) is -0.0572. The minimum atomic E-state index is -0.0572. The predicted molar refractivity (Wildman–Crippen MR) is 63.2 cm³/mol. The second-order valence-corrected chi connectivity index (χ2v) is 3.40. The van der Waals surface area contributed by atoms with E-state index in [2.05, 4.69) is 4.98 Å². The number of benzene rings is 1. The van der Waals surface area contributed by atoms with Crippen LogP contribution in [0, 0.1) is 0 Å². The van der Waals surface area contributed by atoms with Crippen LogP contribution in [0.15, 0.2) is 42.6 Å². The van der Waals surface area contributed by atoms with Crippen LogP contribution < -0.4 is 9.47 Å². The minimum absolute atomic E-state index is 0.0572. The Bertz CT molecular complexity index is 500. The van der Waals surface area contributed by atoms with Crippen LogP contribution in [-0.4, -0.2) is 17.2 Å². The largest absolute Gasteiger partial charge is 0.481 e. The highest BCUT2D eigenvalue weighted by molar-refractivity contribution is 5.38. The highest BCUT2D eigenvalue weighted by Gasteiger charge is 2.04. The van der Waals surface area contributed by atoms with Crippen LogP contribution in [0.1, 0.15) is 5.56 Å². The minimum Gasteiger partial charge on any atom is -0.481 e. The molecule has 0 radical (unpaired) electrons. The van der Waals surface area contributed by atoms with E-state index < -0.39 is 0 Å². The molecule has 0 aliphatic rings. The normalized spacial score (nSPS) is 10.0. The molecule has 2 rings (SSSR count). The summed E-state index contributed by atoms with van der Waals surface area (Å²) in [6, 6.07) is 10.7. The molecule has 0 amide bonds. The molecule has 2 aromatic rings. The van der Waals surface area contributed by atoms with Gasteiger partial charge in [-0.25, -0.2) is 4.98 Å². The molecular weight excluding hydrogens is 218 g/mol. The lowest BCUT2D eigenvalue weighted by molar-refractivity contribution is 0.276. The van der Waals surface area contributed by atoms with Crippen LogP contribution in [0.5, 0.6) is 17.4 Å². The van der Waals surface area contributed by atoms with E-state index in [-0.39, 0.29) is 6.61 Å². The van der Waals surface area contributed by atoms with Crippen molar-refractivity contribution in [2.45, 2.75) is 6.61 Å². The van der Waals surface area contributed by atoms with Gasteiger partial charge in [0.15, 0.2) is 0 Å². The molecule has 0 bridgehead atoms. The van der Waals surface area contributed by atoms with Gasteiger partial charge in [0.25, 0.3) is 0 Å². The van der Waals surface area contributed by atoms with Crippen molar-refractivity contribution < 1.29 is 14.6 Å². The van der Waals surface area contributed by atoms with Crippen LogP contribution >= 0.6 is 0 Å². The lowest BCUT2D eigenvalue weighted by Gasteiger charge is -2.09. The van der Waals surface area contributed by atoms with E-state index in [1.165, 1.54) is 0 Å². The zero-order valence-corrected chi connectivity index (χ0v) is 9.46. The van der Waals surface area contributed by atoms with Crippen molar-refractivity contribution in [3.63, 3.8) is 0 Å². The molecule has 17 heavy (non-hydrogen) atoms. The zero-order valence-electron chi connectivity index (χ0n) is 9.46. The molecule has 0 unspecified atom stereocenters. The molecular formula is C13H13NO3. The lowest BCUT2D eigenvalue weighted by atomic mass is 10.2. The van der Waals surface area contributed by atoms with E-state index in [4.69, 9.17) is 9.47 Å². The third-order valence-corrected chi connectivity index (χ3v) is 2.29. The van der Waals surface area contributed by atoms with Crippen molar-refractivity contribution in [1.29, 1.82) is 0 Å². The van der Waals surface area contributed by atoms with Gasteiger partial charge >= 0.3 is 0 Å². The van der Waals surface area contributed by atoms with Gasteiger partial charge in [-0.1, -0.05) is 18.2 Å². The monoisotopic (exact) mass is 231 g/mol. The second-order valence-electron chi connectivity index (χ2n) is 3.40. The number of hydrogen-bond acceptors (Lipinski definition) is 4. The van der Waals surface area contributed by atoms with Gasteiger partial charge in [0.2, 0.25) is 5.88 Å². The molecule has 1 heterocycles. The fourth-order valence-corrected chi connectivity index (χ4v) is 1.43. The quantitative estimate of drug-likeness (QED) is 0.877. The van der Waals surface area contributed by atoms with Crippen molar-refractivity contribution >= 4 is 0 Å². The number of aromatic nitrogens is 1. The third-order valence-electron chi connectivity index (χ3n) is 2.29. The number of aliphatic hydroxyl groups is 1. The van der Waals surface area contributed by atoms with E-state index in [0.29, 0.717) is 17.4 Å². The number of ether oxygens (including phenoxy) is 2. The van der Waals surface area contributed by atoms with Gasteiger partial charge in [-0.05, 0) is 12.1 Å². The van der Waals surface area contributed by atoms with Crippen LogP contribution in [0.25, 0.3) is 0 Å². The van der Waals surface area contributed by atoms with Gasteiger partial charge in [0.1, 0.15) is 11.5 Å². The SMILES string of the molecule is COc1cc(Oc2ccccc2CO)ccn1. The maximum absolute atomic E-state index is 9.18. The van der Waals surface area contributed by atoms with Gasteiger partial charge in [0.05, 0.1) is 13.7 Å². The Morgan fingerprint density at radius 1 is 1.24 bits per heavy atom. The van der Waals surface area contributed by atoms with Crippen LogP contribution in [0.2, 0.25) is 0 Å². The Kier molecular flexibility index (Phi) is 3.57. The van der Waals surface area contributed by atoms with E-state index in [0.717, 1.165) is 5.56 Å². The van der Waals surface area contributed by atoms with E-state index in [1.807, 2.05) is 18.2 Å². The molecule has 0 aliphatic heterocycles. The van der Waals surface area contributed by atoms with Crippen LogP contribution in [0.4, 0.5) is 0 Å². The number of hydrogen-bond donors (Lipinski definition) is 1. The van der Waals surface area contributed by atoms with Gasteiger partial charge in [-0.3, -0.25) is 0 Å². The van der Waals surface area contributed by atoms with Gasteiger partial charge in [0, 0.05) is 17.8 Å². The lowest BCUT2D eigenvalue weighted by Crippen LogP contribution is -1.92. The fourth-order valence-electron chi connectivity index (χ4n) is 1.43. The number of methoxy groups -OCH3 is 1. The summed E-state index contributed by atoms with van der Waals surface area (Å²) in [6.07, 6.45) is 1.61. The number of para-hydroxylation sites is 1. The second kappa shape index (κ2) is 5.32. The van der Waals surface area contributed by atoms with Crippen molar-refractivity contribution in [1.82, 2.24) is 4.98 Å². The summed E-state index contributed by atoms with van der Waals surface area (Å²) in [7, 11) is 1.55. The Morgan fingerprint density at radius 3 is 2.82 bits per heavy atom. The molecule has 0 atom stereocenters. The van der Waals surface area contributed by atoms with Crippen LogP contribution in [-0.2, 0) is 6.61 Å². The Balaban J connectivity index is 2.24. The standard InChI is InChI=1S/C13H13NO3/c1-16-13-8-11(6-7-14-13)17-12-5-3-2-4-10(12)9-15/h2-8,15H,9H2,1H3. The topological polar surface area (TPSA) is 51.6 Å². The van der Waals surface area contributed by atoms with E-state index in [9.17, 15) is 5.11 Å². The maximum atomic E-state index is 9.18. The summed E-state index contributed by atoms with van der Waals surface area (Å²) in [4.78, 5) is 3.99. The first-order valence-electron chi connectivity index (χ1n) is 5.20. The molecule has 1 N–H and O–H groups in total. The molecule has 0 spiro atoms. The third kappa shape index (κ3) is 2.73. The number of pyridine rings is 1. The molecule has 0 saturated carbocycles. The molecule has 1 aromatic carbocycles. The number of nitrogens with zero attached hydrogens (tertiary/aromatic N) is 1. The smallest absolute Gasteiger partial charge is 0.216 e. The first-order chi connectivity index (χ1) is 8.33. The molecule has 0 aliphatic carbocycles. The average molecular weight is 231 g/mol. The van der Waals surface area contributed by atoms with Gasteiger partial charge < -0.3 is 14.6 Å². The highest BCUT2D eigenvalue weighted by atomic mass is 16.5. The van der Waals surface area contributed by atoms with Crippen LogP contribution in [0.3, 0.4) is 0 Å². The van der Waals surface area contributed by atoms with Gasteiger partial charge in [-0.15, -0.1) is 0 Å². The average Bonchev–Trinajstić information content (AvgIpc) is 2.39. The summed E-state index contributed by atoms with van der Waals surface area (Å²) in [5.41, 5.74) is 0.739. The van der Waals surface area contributed by atoms with Gasteiger partial charge in [-0.2, -0.15) is 0 Å². The molecule has 4 nitrogen and oxygen atoms in total. The maximum Gasteiger partial charge on any atom is 0.216 e.